The van der Waals surface area contributed by atoms with Crippen LogP contribution in [0.2, 0.25) is 0 Å². The Morgan fingerprint density at radius 3 is 3.04 bits per heavy atom. The number of carbonyl (C=O) groups is 1. The van der Waals surface area contributed by atoms with Crippen molar-refractivity contribution in [3.63, 3.8) is 0 Å². The highest BCUT2D eigenvalue weighted by Crippen LogP contribution is 2.26. The van der Waals surface area contributed by atoms with Crippen molar-refractivity contribution in [3.05, 3.63) is 18.2 Å². The van der Waals surface area contributed by atoms with E-state index in [1.54, 1.807) is 7.11 Å². The molecule has 2 heterocycles. The first kappa shape index (κ1) is 18.5. The summed E-state index contributed by atoms with van der Waals surface area (Å²) in [7, 11) is 1.64. The number of benzene rings is 1. The van der Waals surface area contributed by atoms with Crippen molar-refractivity contribution >= 4 is 35.0 Å². The Morgan fingerprint density at radius 2 is 2.29 bits per heavy atom. The number of hydrogen-bond donors (Lipinski definition) is 3. The molecular weight excluding hydrogens is 332 g/mol. The summed E-state index contributed by atoms with van der Waals surface area (Å²) >= 11 is 0. The zero-order valence-corrected chi connectivity index (χ0v) is 14.4. The molecule has 0 aliphatic carbocycles. The molecule has 24 heavy (non-hydrogen) atoms. The molecular formula is C16H23ClN4O3. The van der Waals surface area contributed by atoms with Gasteiger partial charge >= 0.3 is 0 Å². The van der Waals surface area contributed by atoms with Gasteiger partial charge in [-0.25, -0.2) is 0 Å². The van der Waals surface area contributed by atoms with Gasteiger partial charge in [-0.3, -0.25) is 9.89 Å². The number of rotatable bonds is 6. The second-order valence-electron chi connectivity index (χ2n) is 5.65. The Labute approximate surface area is 146 Å². The maximum Gasteiger partial charge on any atom is 0.229 e. The second-order valence-corrected chi connectivity index (χ2v) is 5.65. The zero-order valence-electron chi connectivity index (χ0n) is 13.6. The van der Waals surface area contributed by atoms with E-state index >= 15 is 0 Å². The van der Waals surface area contributed by atoms with E-state index in [0.29, 0.717) is 19.0 Å². The molecule has 1 fully saturated rings. The molecule has 132 valence electrons. The fourth-order valence-corrected chi connectivity index (χ4v) is 2.72. The third kappa shape index (κ3) is 4.37. The van der Waals surface area contributed by atoms with Gasteiger partial charge in [-0.2, -0.15) is 5.10 Å². The number of anilines is 1. The van der Waals surface area contributed by atoms with Gasteiger partial charge in [0.15, 0.2) is 5.82 Å². The molecule has 3 rings (SSSR count). The first-order valence-corrected chi connectivity index (χ1v) is 7.89. The normalized spacial score (nSPS) is 17.3. The molecule has 1 amide bonds. The summed E-state index contributed by atoms with van der Waals surface area (Å²) in [6, 6.07) is 5.64. The lowest BCUT2D eigenvalue weighted by Crippen LogP contribution is -2.37. The first-order valence-electron chi connectivity index (χ1n) is 7.89. The molecule has 0 spiro atoms. The Morgan fingerprint density at radius 1 is 1.42 bits per heavy atom. The number of carbonyl (C=O) groups excluding carboxylic acids is 1. The van der Waals surface area contributed by atoms with Gasteiger partial charge in [0.1, 0.15) is 12.4 Å². The molecule has 0 unspecified atom stereocenters. The number of aromatic amines is 1. The average Bonchev–Trinajstić information content (AvgIpc) is 2.98. The summed E-state index contributed by atoms with van der Waals surface area (Å²) in [4.78, 5) is 12.4. The topological polar surface area (TPSA) is 88.3 Å². The molecule has 1 aromatic heterocycles. The van der Waals surface area contributed by atoms with Crippen LogP contribution in [0.4, 0.5) is 5.82 Å². The minimum atomic E-state index is -0.00312. The smallest absolute Gasteiger partial charge is 0.229 e. The quantitative estimate of drug-likeness (QED) is 0.690. The summed E-state index contributed by atoms with van der Waals surface area (Å²) in [5.74, 6) is 1.28. The zero-order chi connectivity index (χ0) is 16.1. The molecule has 8 heteroatoms. The van der Waals surface area contributed by atoms with E-state index in [1.807, 2.05) is 18.2 Å². The van der Waals surface area contributed by atoms with Gasteiger partial charge in [-0.05, 0) is 37.6 Å². The predicted molar refractivity (Wildman–Crippen MR) is 94.9 cm³/mol. The SMILES string of the molecule is COCCOc1ccc2[nH]nc(NC(=O)[C@@H]3CCCNC3)c2c1.Cl. The Balaban J connectivity index is 0.00000208. The molecule has 0 radical (unpaired) electrons. The number of nitrogens with zero attached hydrogens (tertiary/aromatic N) is 1. The lowest BCUT2D eigenvalue weighted by Gasteiger charge is -2.21. The maximum atomic E-state index is 12.4. The molecule has 3 N–H and O–H groups in total. The van der Waals surface area contributed by atoms with Gasteiger partial charge in [-0.15, -0.1) is 12.4 Å². The molecule has 1 saturated heterocycles. The van der Waals surface area contributed by atoms with E-state index in [0.717, 1.165) is 42.6 Å². The number of aromatic nitrogens is 2. The number of methoxy groups -OCH3 is 1. The van der Waals surface area contributed by atoms with Crippen LogP contribution in [0.5, 0.6) is 5.75 Å². The number of hydrogen-bond acceptors (Lipinski definition) is 5. The maximum absolute atomic E-state index is 12.4. The molecule has 7 nitrogen and oxygen atoms in total. The van der Waals surface area contributed by atoms with Gasteiger partial charge in [0, 0.05) is 19.0 Å². The van der Waals surface area contributed by atoms with Crippen molar-refractivity contribution in [2.45, 2.75) is 12.8 Å². The van der Waals surface area contributed by atoms with Crippen molar-refractivity contribution < 1.29 is 14.3 Å². The number of nitrogens with one attached hydrogen (secondary N) is 3. The van der Waals surface area contributed by atoms with Crippen LogP contribution < -0.4 is 15.4 Å². The highest BCUT2D eigenvalue weighted by Gasteiger charge is 2.22. The number of H-pyrrole nitrogens is 1. The van der Waals surface area contributed by atoms with E-state index in [2.05, 4.69) is 20.8 Å². The molecule has 0 saturated carbocycles. The van der Waals surface area contributed by atoms with Crippen LogP contribution in [0.25, 0.3) is 10.9 Å². The number of halogens is 1. The summed E-state index contributed by atoms with van der Waals surface area (Å²) in [5, 5.41) is 14.2. The standard InChI is InChI=1S/C16H22N4O3.ClH/c1-22-7-8-23-12-4-5-14-13(9-12)15(20-19-14)18-16(21)11-3-2-6-17-10-11;/h4-5,9,11,17H,2-3,6-8,10H2,1H3,(H2,18,19,20,21);1H/t11-;/m1./s1. The van der Waals surface area contributed by atoms with Crippen LogP contribution in [0.3, 0.4) is 0 Å². The third-order valence-electron chi connectivity index (χ3n) is 4.00. The Bertz CT molecular complexity index is 670. The van der Waals surface area contributed by atoms with E-state index in [9.17, 15) is 4.79 Å². The molecule has 1 aromatic carbocycles. The van der Waals surface area contributed by atoms with Crippen molar-refractivity contribution in [2.75, 3.05) is 38.7 Å². The monoisotopic (exact) mass is 354 g/mol. The molecule has 2 aromatic rings. The molecule has 0 bridgehead atoms. The minimum Gasteiger partial charge on any atom is -0.491 e. The van der Waals surface area contributed by atoms with Gasteiger partial charge in [0.2, 0.25) is 5.91 Å². The first-order chi connectivity index (χ1) is 11.3. The lowest BCUT2D eigenvalue weighted by atomic mass is 9.99. The van der Waals surface area contributed by atoms with Crippen LogP contribution in [0, 0.1) is 5.92 Å². The highest BCUT2D eigenvalue weighted by molar-refractivity contribution is 6.00. The molecule has 1 aliphatic rings. The van der Waals surface area contributed by atoms with Gasteiger partial charge in [0.25, 0.3) is 0 Å². The fraction of sp³-hybridized carbons (Fsp3) is 0.500. The molecule has 1 aliphatic heterocycles. The summed E-state index contributed by atoms with van der Waals surface area (Å²) in [5.41, 5.74) is 0.862. The largest absolute Gasteiger partial charge is 0.491 e. The van der Waals surface area contributed by atoms with Crippen molar-refractivity contribution in [3.8, 4) is 5.75 Å². The average molecular weight is 355 g/mol. The lowest BCUT2D eigenvalue weighted by molar-refractivity contribution is -0.120. The van der Waals surface area contributed by atoms with Gasteiger partial charge < -0.3 is 20.1 Å². The fourth-order valence-electron chi connectivity index (χ4n) is 2.72. The van der Waals surface area contributed by atoms with Crippen molar-refractivity contribution in [1.82, 2.24) is 15.5 Å². The summed E-state index contributed by atoms with van der Waals surface area (Å²) < 4.78 is 10.6. The van der Waals surface area contributed by atoms with E-state index in [1.165, 1.54) is 0 Å². The summed E-state index contributed by atoms with van der Waals surface area (Å²) in [6.45, 7) is 2.72. The van der Waals surface area contributed by atoms with Crippen LogP contribution in [-0.4, -0.2) is 49.5 Å². The third-order valence-corrected chi connectivity index (χ3v) is 4.00. The van der Waals surface area contributed by atoms with Crippen LogP contribution in [0.1, 0.15) is 12.8 Å². The van der Waals surface area contributed by atoms with Gasteiger partial charge in [-0.1, -0.05) is 0 Å². The van der Waals surface area contributed by atoms with Crippen molar-refractivity contribution in [1.29, 1.82) is 0 Å². The van der Waals surface area contributed by atoms with Crippen LogP contribution in [-0.2, 0) is 9.53 Å². The number of amides is 1. The predicted octanol–water partition coefficient (Wildman–Crippen LogP) is 1.95. The minimum absolute atomic E-state index is 0. The Kier molecular flexibility index (Phi) is 6.84. The Hall–Kier alpha value is -1.83. The van der Waals surface area contributed by atoms with E-state index < -0.39 is 0 Å². The molecule has 1 atom stereocenters. The number of fused-ring (bicyclic) bond motifs is 1. The van der Waals surface area contributed by atoms with E-state index in [4.69, 9.17) is 9.47 Å². The van der Waals surface area contributed by atoms with Crippen LogP contribution in [0.15, 0.2) is 18.2 Å². The second kappa shape index (κ2) is 8.86. The number of piperidine rings is 1. The highest BCUT2D eigenvalue weighted by atomic mass is 35.5. The van der Waals surface area contributed by atoms with Crippen LogP contribution >= 0.6 is 12.4 Å². The van der Waals surface area contributed by atoms with Gasteiger partial charge in [0.05, 0.1) is 18.0 Å². The number of ether oxygens (including phenoxy) is 2. The van der Waals surface area contributed by atoms with Crippen molar-refractivity contribution in [2.24, 2.45) is 5.92 Å². The van der Waals surface area contributed by atoms with E-state index in [-0.39, 0.29) is 24.2 Å². The summed E-state index contributed by atoms with van der Waals surface area (Å²) in [6.07, 6.45) is 1.93.